The Hall–Kier alpha value is 1.23. The molecule has 0 aromatic heterocycles. The Morgan fingerprint density at radius 2 is 1.17 bits per heavy atom. The van der Waals surface area contributed by atoms with Crippen LogP contribution in [0.25, 0.3) is 0 Å². The van der Waals surface area contributed by atoms with E-state index in [4.69, 9.17) is 26.2 Å². The van der Waals surface area contributed by atoms with Gasteiger partial charge in [0.2, 0.25) is 5.69 Å². The summed E-state index contributed by atoms with van der Waals surface area (Å²) in [4.78, 5) is 47.1. The van der Waals surface area contributed by atoms with Crippen molar-refractivity contribution < 1.29 is 64.6 Å². The van der Waals surface area contributed by atoms with Gasteiger partial charge in [-0.1, -0.05) is 52.4 Å². The molecule has 0 radical (unpaired) electrons. The summed E-state index contributed by atoms with van der Waals surface area (Å²) in [7, 11) is -7.27. The Morgan fingerprint density at radius 1 is 0.707 bits per heavy atom. The van der Waals surface area contributed by atoms with Crippen LogP contribution in [0, 0.1) is 38.0 Å². The number of fused-ring (bicyclic) bond motifs is 2. The van der Waals surface area contributed by atoms with Crippen LogP contribution in [-0.2, 0) is 54.4 Å². The summed E-state index contributed by atoms with van der Waals surface area (Å²) < 4.78 is 71.2. The number of nitrogens with two attached hydrogens (primary N) is 1. The highest BCUT2D eigenvalue weighted by molar-refractivity contribution is 14.1. The van der Waals surface area contributed by atoms with E-state index in [9.17, 15) is 40.6 Å². The topological polar surface area (TPSA) is 283 Å². The fraction of sp³-hybridized carbons (Fsp3) is 0.556. The average Bonchev–Trinajstić information content (AvgIpc) is 4.19. The average molecular weight is 2190 g/mol. The van der Waals surface area contributed by atoms with Crippen molar-refractivity contribution in [3.8, 4) is 0 Å². The molecule has 6 rings (SSSR count). The summed E-state index contributed by atoms with van der Waals surface area (Å²) >= 11 is 21.2. The third-order valence-electron chi connectivity index (χ3n) is 14.1. The first-order valence-corrected chi connectivity index (χ1v) is 39.0. The number of nitrogens with one attached hydrogen (secondary N) is 1. The van der Waals surface area contributed by atoms with Crippen molar-refractivity contribution in [2.45, 2.75) is 162 Å². The van der Waals surface area contributed by atoms with Crippen molar-refractivity contribution in [1.82, 2.24) is 0 Å². The molecule has 0 spiro atoms. The fourth-order valence-corrected chi connectivity index (χ4v) is 17.9. The first kappa shape index (κ1) is 79.3. The van der Waals surface area contributed by atoms with E-state index in [2.05, 4.69) is 257 Å². The zero-order valence-corrected chi connectivity index (χ0v) is 67.4. The van der Waals surface area contributed by atoms with E-state index < -0.39 is 38.1 Å². The molecule has 28 heteroatoms. The van der Waals surface area contributed by atoms with Crippen LogP contribution in [-0.4, -0.2) is 101 Å². The SMILES string of the molecule is CC(=O)C(C)CCCCCC(=O)O.CC1=Nc2cc(I)c(I)c(I)c2C1(C)CCCCCC(=O)O.CC1=[N+](CCCS(=O)(=O)[O-])c2cc(I)c(I)c(I)c2C1(C)CCCCCC(=O)O.NNc1cc(I)c(I)c(I)c1.O=S1(=O)CCCO1. The minimum Gasteiger partial charge on any atom is -0.748 e. The molecule has 0 aliphatic carbocycles. The lowest BCUT2D eigenvalue weighted by atomic mass is 9.76. The number of hydrogen-bond acceptors (Lipinski definition) is 13. The summed E-state index contributed by atoms with van der Waals surface area (Å²) in [5.74, 6) is 3.27. The number of Topliss-reactive ketones (excluding diaryl/α,β-unsaturated/α-hetero) is 1. The molecule has 1 fully saturated rings. The molecule has 0 saturated carbocycles. The summed E-state index contributed by atoms with van der Waals surface area (Å²) in [5.41, 5.74) is 10.5. The fourth-order valence-electron chi connectivity index (χ4n) is 9.05. The minimum absolute atomic E-state index is 0.0145. The van der Waals surface area contributed by atoms with Crippen LogP contribution in [0.3, 0.4) is 0 Å². The highest BCUT2D eigenvalue weighted by Crippen LogP contribution is 2.49. The molecule has 0 bridgehead atoms. The standard InChI is InChI=1S/C19H24I3NO5S.C16H18I3NO2.C10H18O3.C6H5I3N2.C3H6O3S/c1-12-19(2,8-5-3-4-7-15(24)25)16-14(11-13(20)17(21)18(16)22)23(12)9-6-10-29(26,27)28;1-9-16(2,7-5-3-4-6-12(21)22)13-11(20-9)8-10(17)14(18)15(13)19;1-8(9(2)11)6-4-3-5-7-10(12)13;7-4-1-3(11-10)2-5(8)6(4)9;4-7(5)3-1-2-6-7/h11H,3-10H2,1-2H3,(H-,24,25,26,27,28);8H,3-7H2,1-2H3,(H,21,22);8H,3-7H2,1-2H3,(H,12,13);1-2,11H,10H2;1-3H2. The number of anilines is 1. The summed E-state index contributed by atoms with van der Waals surface area (Å²) in [5, 5.41) is 25.9. The number of halogens is 9. The number of aliphatic imine (C=N–C) groups is 1. The van der Waals surface area contributed by atoms with Crippen LogP contribution in [0.15, 0.2) is 29.3 Å². The number of unbranched alkanes of at least 4 members (excludes halogenated alkanes) is 6. The van der Waals surface area contributed by atoms with Gasteiger partial charge in [-0.2, -0.15) is 13.0 Å². The van der Waals surface area contributed by atoms with Crippen LogP contribution in [0.2, 0.25) is 0 Å². The first-order chi connectivity index (χ1) is 38.0. The molecule has 17 nitrogen and oxygen atoms in total. The number of carboxylic acid groups (broad SMARTS) is 3. The predicted octanol–water partition coefficient (Wildman–Crippen LogP) is 15.5. The molecule has 82 heavy (non-hydrogen) atoms. The molecule has 3 atom stereocenters. The molecule has 3 aromatic rings. The van der Waals surface area contributed by atoms with Gasteiger partial charge in [-0.15, -0.1) is 0 Å². The number of aliphatic carboxylic acids is 3. The van der Waals surface area contributed by atoms with E-state index in [1.807, 2.05) is 19.1 Å². The molecule has 3 aliphatic heterocycles. The number of nitrogens with zero attached hydrogens (tertiary/aromatic N) is 2. The summed E-state index contributed by atoms with van der Waals surface area (Å²) in [6.45, 7) is 13.1. The van der Waals surface area contributed by atoms with Crippen molar-refractivity contribution in [2.24, 2.45) is 16.8 Å². The maximum Gasteiger partial charge on any atom is 0.303 e. The van der Waals surface area contributed by atoms with E-state index in [1.54, 1.807) is 6.92 Å². The zero-order chi connectivity index (χ0) is 62.5. The van der Waals surface area contributed by atoms with Gasteiger partial charge in [-0.3, -0.25) is 34.2 Å². The van der Waals surface area contributed by atoms with Gasteiger partial charge >= 0.3 is 17.9 Å². The largest absolute Gasteiger partial charge is 0.748 e. The van der Waals surface area contributed by atoms with Crippen LogP contribution in [0.1, 0.15) is 162 Å². The lowest BCUT2D eigenvalue weighted by Crippen LogP contribution is -2.31. The molecular weight excluding hydrogens is 2120 g/mol. The predicted molar refractivity (Wildman–Crippen MR) is 400 cm³/mol. The van der Waals surface area contributed by atoms with Gasteiger partial charge in [0, 0.05) is 99.2 Å². The number of carbonyl (C=O) groups excluding carboxylic acids is 1. The monoisotopic (exact) mass is 2190 g/mol. The van der Waals surface area contributed by atoms with Crippen LogP contribution in [0.4, 0.5) is 17.1 Å². The zero-order valence-electron chi connectivity index (χ0n) is 46.4. The molecule has 460 valence electrons. The normalized spacial score (nSPS) is 17.7. The maximum atomic E-state index is 11.0. The lowest BCUT2D eigenvalue weighted by Gasteiger charge is -2.28. The molecule has 3 aliphatic rings. The van der Waals surface area contributed by atoms with Crippen LogP contribution < -0.4 is 11.3 Å². The number of carboxylic acids is 3. The Balaban J connectivity index is 0.000000379. The van der Waals surface area contributed by atoms with E-state index in [0.29, 0.717) is 26.0 Å². The second-order valence-corrected chi connectivity index (χ2v) is 33.5. The summed E-state index contributed by atoms with van der Waals surface area (Å²) in [6.07, 6.45) is 12.2. The van der Waals surface area contributed by atoms with Crippen molar-refractivity contribution in [3.63, 3.8) is 0 Å². The number of benzene rings is 3. The number of hydrogen-bond donors (Lipinski definition) is 5. The van der Waals surface area contributed by atoms with Gasteiger partial charge < -0.3 is 25.3 Å². The molecule has 1 saturated heterocycles. The third kappa shape index (κ3) is 26.2. The second kappa shape index (κ2) is 38.2. The number of nitrogen functional groups attached to an aromatic ring is 1. The smallest absolute Gasteiger partial charge is 0.303 e. The van der Waals surface area contributed by atoms with Gasteiger partial charge in [0.25, 0.3) is 10.1 Å². The van der Waals surface area contributed by atoms with Crippen LogP contribution in [0.5, 0.6) is 0 Å². The Labute approximate surface area is 607 Å². The molecule has 3 heterocycles. The van der Waals surface area contributed by atoms with Gasteiger partial charge in [0.05, 0.1) is 44.8 Å². The first-order valence-electron chi connectivity index (χ1n) is 26.2. The van der Waals surface area contributed by atoms with Gasteiger partial charge in [-0.05, 0) is 287 Å². The number of carbonyl (C=O) groups is 4. The quantitative estimate of drug-likeness (QED) is 0.00815. The number of rotatable bonds is 24. The highest BCUT2D eigenvalue weighted by Gasteiger charge is 2.48. The van der Waals surface area contributed by atoms with E-state index in [0.717, 1.165) is 97.0 Å². The Kier molecular flexibility index (Phi) is 36.9. The molecule has 0 amide bonds. The van der Waals surface area contributed by atoms with Gasteiger partial charge in [0.15, 0.2) is 5.71 Å². The number of ketones is 1. The minimum atomic E-state index is -4.23. The van der Waals surface area contributed by atoms with E-state index in [1.165, 1.54) is 45.4 Å². The lowest BCUT2D eigenvalue weighted by molar-refractivity contribution is -0.439. The van der Waals surface area contributed by atoms with Crippen LogP contribution >= 0.6 is 203 Å². The molecular formula is C54H71I9N4O13S2. The Bertz CT molecular complexity index is 3010. The molecule has 3 aromatic carbocycles. The van der Waals surface area contributed by atoms with Gasteiger partial charge in [0.1, 0.15) is 12.3 Å². The van der Waals surface area contributed by atoms with Crippen molar-refractivity contribution in [3.05, 3.63) is 67.5 Å². The van der Waals surface area contributed by atoms with E-state index in [-0.39, 0.29) is 59.7 Å². The maximum absolute atomic E-state index is 11.0. The number of hydrazine groups is 1. The van der Waals surface area contributed by atoms with Crippen molar-refractivity contribution in [2.75, 3.05) is 30.1 Å². The van der Waals surface area contributed by atoms with Crippen molar-refractivity contribution in [1.29, 1.82) is 0 Å². The second-order valence-electron chi connectivity index (χ2n) is 20.2. The van der Waals surface area contributed by atoms with Gasteiger partial charge in [-0.25, -0.2) is 8.42 Å². The van der Waals surface area contributed by atoms with E-state index >= 15 is 0 Å². The summed E-state index contributed by atoms with van der Waals surface area (Å²) in [6, 6.07) is 8.36. The third-order valence-corrected chi connectivity index (χ3v) is 31.3. The molecule has 6 N–H and O–H groups in total. The highest BCUT2D eigenvalue weighted by atomic mass is 127. The van der Waals surface area contributed by atoms with Crippen molar-refractivity contribution >= 4 is 276 Å². The Morgan fingerprint density at radius 3 is 1.60 bits per heavy atom. The molecule has 3 unspecified atom stereocenters.